The number of pyridine rings is 1. The third kappa shape index (κ3) is 3.78. The van der Waals surface area contributed by atoms with Crippen LogP contribution < -0.4 is 5.32 Å². The average molecular weight is 420 g/mol. The second-order valence-electron chi connectivity index (χ2n) is 6.47. The van der Waals surface area contributed by atoms with Gasteiger partial charge in [0.05, 0.1) is 5.69 Å². The Hall–Kier alpha value is -2.92. The Balaban J connectivity index is 1.74. The van der Waals surface area contributed by atoms with Gasteiger partial charge in [-0.2, -0.15) is 0 Å². The Morgan fingerprint density at radius 2 is 1.78 bits per heavy atom. The van der Waals surface area contributed by atoms with Crippen LogP contribution in [0.25, 0.3) is 5.65 Å². The maximum atomic E-state index is 12.8. The van der Waals surface area contributed by atoms with Crippen molar-refractivity contribution < 1.29 is 4.79 Å². The smallest absolute Gasteiger partial charge is 0.256 e. The van der Waals surface area contributed by atoms with E-state index >= 15 is 0 Å². The maximum Gasteiger partial charge on any atom is 0.256 e. The first-order valence-corrected chi connectivity index (χ1v) is 9.48. The lowest BCUT2D eigenvalue weighted by Crippen LogP contribution is -2.14. The van der Waals surface area contributed by atoms with E-state index in [9.17, 15) is 4.79 Å². The highest BCUT2D eigenvalue weighted by atomic mass is 79.9. The number of benzene rings is 2. The van der Waals surface area contributed by atoms with E-state index in [1.165, 1.54) is 0 Å². The molecule has 0 saturated heterocycles. The fourth-order valence-corrected chi connectivity index (χ4v) is 3.29. The molecule has 0 bridgehead atoms. The first-order chi connectivity index (χ1) is 13.1. The summed E-state index contributed by atoms with van der Waals surface area (Å²) in [5, 5.41) is 3.06. The molecule has 134 valence electrons. The van der Waals surface area contributed by atoms with E-state index in [1.54, 1.807) is 12.1 Å². The zero-order valence-electron chi connectivity index (χ0n) is 14.8. The Morgan fingerprint density at radius 3 is 2.52 bits per heavy atom. The molecule has 27 heavy (non-hydrogen) atoms. The van der Waals surface area contributed by atoms with Crippen LogP contribution >= 0.6 is 15.9 Å². The number of hydrogen-bond donors (Lipinski definition) is 1. The number of fused-ring (bicyclic) bond motifs is 1. The molecule has 0 fully saturated rings. The lowest BCUT2D eigenvalue weighted by Gasteiger charge is -2.09. The number of halogens is 1. The molecule has 1 amide bonds. The van der Waals surface area contributed by atoms with E-state index in [0.717, 1.165) is 26.9 Å². The molecule has 4 aromatic rings. The fourth-order valence-electron chi connectivity index (χ4n) is 3.03. The number of imidazole rings is 1. The Kier molecular flexibility index (Phi) is 4.77. The van der Waals surface area contributed by atoms with Gasteiger partial charge in [0, 0.05) is 22.7 Å². The number of hydrogen-bond acceptors (Lipinski definition) is 2. The van der Waals surface area contributed by atoms with Crippen LogP contribution in [-0.4, -0.2) is 15.3 Å². The number of nitrogens with one attached hydrogen (secondary N) is 1. The summed E-state index contributed by atoms with van der Waals surface area (Å²) in [5.41, 5.74) is 4.52. The molecule has 4 rings (SSSR count). The van der Waals surface area contributed by atoms with Crippen molar-refractivity contribution in [1.29, 1.82) is 0 Å². The second-order valence-corrected chi connectivity index (χ2v) is 7.38. The van der Waals surface area contributed by atoms with Gasteiger partial charge >= 0.3 is 0 Å². The van der Waals surface area contributed by atoms with Gasteiger partial charge in [-0.1, -0.05) is 52.3 Å². The molecule has 2 aromatic carbocycles. The highest BCUT2D eigenvalue weighted by Gasteiger charge is 2.16. The van der Waals surface area contributed by atoms with E-state index in [2.05, 4.69) is 33.4 Å². The lowest BCUT2D eigenvalue weighted by atomic mass is 10.1. The summed E-state index contributed by atoms with van der Waals surface area (Å²) in [4.78, 5) is 17.5. The molecule has 4 nitrogen and oxygen atoms in total. The molecule has 1 N–H and O–H groups in total. The molecule has 0 saturated carbocycles. The van der Waals surface area contributed by atoms with E-state index in [-0.39, 0.29) is 5.91 Å². The Bertz CT molecular complexity index is 1100. The van der Waals surface area contributed by atoms with Gasteiger partial charge in [0.1, 0.15) is 11.5 Å². The van der Waals surface area contributed by atoms with Crippen molar-refractivity contribution >= 4 is 33.3 Å². The molecular formula is C22H18BrN3O. The van der Waals surface area contributed by atoms with E-state index in [0.29, 0.717) is 17.8 Å². The topological polar surface area (TPSA) is 46.4 Å². The SMILES string of the molecule is Cc1ccc2nc(Cc3ccccc3)c(NC(=O)c3ccc(Br)cc3)n2c1. The summed E-state index contributed by atoms with van der Waals surface area (Å²) in [5.74, 6) is 0.561. The number of carbonyl (C=O) groups is 1. The van der Waals surface area contributed by atoms with Crippen LogP contribution in [0.1, 0.15) is 27.2 Å². The van der Waals surface area contributed by atoms with Crippen molar-refractivity contribution in [2.24, 2.45) is 0 Å². The van der Waals surface area contributed by atoms with Gasteiger partial charge in [-0.3, -0.25) is 9.20 Å². The van der Waals surface area contributed by atoms with Crippen LogP contribution in [-0.2, 0) is 6.42 Å². The number of aryl methyl sites for hydroxylation is 1. The molecule has 0 radical (unpaired) electrons. The molecule has 5 heteroatoms. The molecule has 0 atom stereocenters. The normalized spacial score (nSPS) is 10.9. The molecular weight excluding hydrogens is 402 g/mol. The van der Waals surface area contributed by atoms with Gasteiger partial charge in [-0.25, -0.2) is 4.98 Å². The third-order valence-corrected chi connectivity index (χ3v) is 4.92. The summed E-state index contributed by atoms with van der Waals surface area (Å²) < 4.78 is 2.89. The lowest BCUT2D eigenvalue weighted by molar-refractivity contribution is 0.102. The first kappa shape index (κ1) is 17.5. The van der Waals surface area contributed by atoms with Crippen molar-refractivity contribution in [1.82, 2.24) is 9.38 Å². The van der Waals surface area contributed by atoms with Crippen LogP contribution in [0.2, 0.25) is 0 Å². The third-order valence-electron chi connectivity index (χ3n) is 4.39. The number of aromatic nitrogens is 2. The molecule has 0 unspecified atom stereocenters. The minimum absolute atomic E-state index is 0.153. The zero-order valence-corrected chi connectivity index (χ0v) is 16.4. The second kappa shape index (κ2) is 7.37. The molecule has 0 aliphatic heterocycles. The minimum atomic E-state index is -0.153. The van der Waals surface area contributed by atoms with E-state index < -0.39 is 0 Å². The van der Waals surface area contributed by atoms with Crippen molar-refractivity contribution in [2.75, 3.05) is 5.32 Å². The zero-order chi connectivity index (χ0) is 18.8. The number of nitrogens with zero attached hydrogens (tertiary/aromatic N) is 2. The number of rotatable bonds is 4. The molecule has 0 aliphatic carbocycles. The largest absolute Gasteiger partial charge is 0.306 e. The van der Waals surface area contributed by atoms with Crippen LogP contribution in [0.5, 0.6) is 0 Å². The first-order valence-electron chi connectivity index (χ1n) is 8.68. The van der Waals surface area contributed by atoms with Crippen molar-refractivity contribution in [2.45, 2.75) is 13.3 Å². The van der Waals surface area contributed by atoms with Gasteiger partial charge in [0.2, 0.25) is 0 Å². The van der Waals surface area contributed by atoms with Crippen LogP contribution in [0, 0.1) is 6.92 Å². The van der Waals surface area contributed by atoms with E-state index in [4.69, 9.17) is 4.98 Å². The average Bonchev–Trinajstić information content (AvgIpc) is 2.99. The van der Waals surface area contributed by atoms with Gasteiger partial charge < -0.3 is 5.32 Å². The van der Waals surface area contributed by atoms with Gasteiger partial charge in [-0.05, 0) is 48.4 Å². The molecule has 0 aliphatic rings. The molecule has 0 spiro atoms. The van der Waals surface area contributed by atoms with Crippen molar-refractivity contribution in [3.05, 3.63) is 99.8 Å². The Morgan fingerprint density at radius 1 is 1.04 bits per heavy atom. The summed E-state index contributed by atoms with van der Waals surface area (Å²) in [6, 6.07) is 21.4. The standard InChI is InChI=1S/C22H18BrN3O/c1-15-7-12-20-24-19(13-16-5-3-2-4-6-16)21(26(20)14-15)25-22(27)17-8-10-18(23)11-9-17/h2-12,14H,13H2,1H3,(H,25,27). The summed E-state index contributed by atoms with van der Waals surface area (Å²) in [6.45, 7) is 2.02. The van der Waals surface area contributed by atoms with E-state index in [1.807, 2.05) is 60.0 Å². The predicted octanol–water partition coefficient (Wildman–Crippen LogP) is 5.25. The minimum Gasteiger partial charge on any atom is -0.306 e. The van der Waals surface area contributed by atoms with Crippen LogP contribution in [0.4, 0.5) is 5.82 Å². The van der Waals surface area contributed by atoms with Crippen molar-refractivity contribution in [3.63, 3.8) is 0 Å². The highest BCUT2D eigenvalue weighted by molar-refractivity contribution is 9.10. The number of carbonyl (C=O) groups excluding carboxylic acids is 1. The van der Waals surface area contributed by atoms with Gasteiger partial charge in [0.15, 0.2) is 0 Å². The van der Waals surface area contributed by atoms with Gasteiger partial charge in [0.25, 0.3) is 5.91 Å². The fraction of sp³-hybridized carbons (Fsp3) is 0.0909. The number of anilines is 1. The van der Waals surface area contributed by atoms with Crippen molar-refractivity contribution in [3.8, 4) is 0 Å². The highest BCUT2D eigenvalue weighted by Crippen LogP contribution is 2.23. The predicted molar refractivity (Wildman–Crippen MR) is 111 cm³/mol. The van der Waals surface area contributed by atoms with Crippen LogP contribution in [0.15, 0.2) is 77.4 Å². The van der Waals surface area contributed by atoms with Crippen LogP contribution in [0.3, 0.4) is 0 Å². The Labute approximate surface area is 166 Å². The monoisotopic (exact) mass is 419 g/mol. The summed E-state index contributed by atoms with van der Waals surface area (Å²) in [7, 11) is 0. The summed E-state index contributed by atoms with van der Waals surface area (Å²) >= 11 is 3.40. The van der Waals surface area contributed by atoms with Gasteiger partial charge in [-0.15, -0.1) is 0 Å². The molecule has 2 aromatic heterocycles. The molecule has 2 heterocycles. The maximum absolute atomic E-state index is 12.8. The number of amides is 1. The summed E-state index contributed by atoms with van der Waals surface area (Å²) in [6.07, 6.45) is 2.64. The quantitative estimate of drug-likeness (QED) is 0.490.